The van der Waals surface area contributed by atoms with E-state index in [1.165, 1.54) is 23.1 Å². The minimum atomic E-state index is -0.340. The van der Waals surface area contributed by atoms with E-state index in [9.17, 15) is 9.18 Å². The number of ether oxygens (including phenoxy) is 2. The number of rotatable bonds is 5. The van der Waals surface area contributed by atoms with Gasteiger partial charge in [0.15, 0.2) is 5.69 Å². The van der Waals surface area contributed by atoms with Crippen molar-refractivity contribution >= 4 is 5.91 Å². The molecule has 1 aliphatic rings. The first-order chi connectivity index (χ1) is 11.6. The van der Waals surface area contributed by atoms with Crippen molar-refractivity contribution in [3.05, 3.63) is 42.0 Å². The third-order valence-corrected chi connectivity index (χ3v) is 4.10. The predicted octanol–water partition coefficient (Wildman–Crippen LogP) is 1.28. The third-order valence-electron chi connectivity index (χ3n) is 4.10. The van der Waals surface area contributed by atoms with Gasteiger partial charge in [0.25, 0.3) is 5.91 Å². The van der Waals surface area contributed by atoms with Gasteiger partial charge in [0, 0.05) is 20.8 Å². The van der Waals surface area contributed by atoms with Crippen LogP contribution in [0.2, 0.25) is 0 Å². The molecule has 24 heavy (non-hydrogen) atoms. The Morgan fingerprint density at radius 1 is 1.33 bits per heavy atom. The number of hydrogen-bond acceptors (Lipinski definition) is 5. The van der Waals surface area contributed by atoms with Crippen molar-refractivity contribution in [3.63, 3.8) is 0 Å². The lowest BCUT2D eigenvalue weighted by Gasteiger charge is -2.22. The molecule has 1 aromatic carbocycles. The van der Waals surface area contributed by atoms with E-state index in [0.29, 0.717) is 18.8 Å². The fraction of sp³-hybridized carbons (Fsp3) is 0.438. The Balaban J connectivity index is 1.78. The molecule has 1 amide bonds. The largest absolute Gasteiger partial charge is 0.383 e. The number of carbonyl (C=O) groups is 1. The summed E-state index contributed by atoms with van der Waals surface area (Å²) < 4.78 is 23.5. The lowest BCUT2D eigenvalue weighted by atomic mass is 10.2. The van der Waals surface area contributed by atoms with Gasteiger partial charge in [0.2, 0.25) is 0 Å². The van der Waals surface area contributed by atoms with Crippen LogP contribution in [0.25, 0.3) is 5.69 Å². The molecule has 1 aromatic heterocycles. The first-order valence-corrected chi connectivity index (χ1v) is 7.63. The number of aromatic nitrogens is 3. The van der Waals surface area contributed by atoms with Crippen molar-refractivity contribution in [2.24, 2.45) is 0 Å². The minimum Gasteiger partial charge on any atom is -0.383 e. The zero-order valence-electron chi connectivity index (χ0n) is 13.6. The average Bonchev–Trinajstić information content (AvgIpc) is 3.22. The summed E-state index contributed by atoms with van der Waals surface area (Å²) >= 11 is 0. The Bertz CT molecular complexity index is 704. The molecule has 0 radical (unpaired) electrons. The molecule has 3 rings (SSSR count). The van der Waals surface area contributed by atoms with E-state index in [0.717, 1.165) is 6.42 Å². The van der Waals surface area contributed by atoms with Crippen molar-refractivity contribution in [2.45, 2.75) is 18.6 Å². The molecule has 1 fully saturated rings. The summed E-state index contributed by atoms with van der Waals surface area (Å²) in [4.78, 5) is 15.7. The number of likely N-dealkylation sites (tertiary alicyclic amines) is 1. The Morgan fingerprint density at radius 2 is 2.08 bits per heavy atom. The molecule has 1 saturated heterocycles. The zero-order chi connectivity index (χ0) is 17.1. The molecule has 2 atom stereocenters. The molecular weight excluding hydrogens is 315 g/mol. The van der Waals surface area contributed by atoms with E-state index >= 15 is 0 Å². The first kappa shape index (κ1) is 16.5. The summed E-state index contributed by atoms with van der Waals surface area (Å²) in [6, 6.07) is 5.68. The van der Waals surface area contributed by atoms with Crippen LogP contribution >= 0.6 is 0 Å². The smallest absolute Gasteiger partial charge is 0.276 e. The Labute approximate surface area is 139 Å². The van der Waals surface area contributed by atoms with Gasteiger partial charge in [-0.2, -0.15) is 9.90 Å². The van der Waals surface area contributed by atoms with Gasteiger partial charge in [0.05, 0.1) is 30.6 Å². The maximum atomic E-state index is 13.0. The SMILES string of the molecule is COC[C@@H]1C[C@@H](OC)CN1C(=O)c1cnn(-c2ccc(F)cc2)n1. The van der Waals surface area contributed by atoms with Crippen LogP contribution in [-0.4, -0.2) is 65.3 Å². The lowest BCUT2D eigenvalue weighted by Crippen LogP contribution is -2.38. The maximum Gasteiger partial charge on any atom is 0.276 e. The molecule has 0 unspecified atom stereocenters. The lowest BCUT2D eigenvalue weighted by molar-refractivity contribution is 0.0606. The van der Waals surface area contributed by atoms with Crippen molar-refractivity contribution in [1.29, 1.82) is 0 Å². The Morgan fingerprint density at radius 3 is 2.75 bits per heavy atom. The standard InChI is InChI=1S/C16H19FN4O3/c1-23-10-13-7-14(24-2)9-20(13)16(22)15-8-18-21(19-15)12-5-3-11(17)4-6-12/h3-6,8,13-14H,7,9-10H2,1-2H3/t13-,14+/m0/s1. The number of benzene rings is 1. The summed E-state index contributed by atoms with van der Waals surface area (Å²) in [5, 5.41) is 8.30. The second kappa shape index (κ2) is 7.06. The van der Waals surface area contributed by atoms with Gasteiger partial charge < -0.3 is 14.4 Å². The van der Waals surface area contributed by atoms with E-state index in [4.69, 9.17) is 9.47 Å². The van der Waals surface area contributed by atoms with Gasteiger partial charge >= 0.3 is 0 Å². The summed E-state index contributed by atoms with van der Waals surface area (Å²) in [6.45, 7) is 0.935. The quantitative estimate of drug-likeness (QED) is 0.824. The monoisotopic (exact) mass is 334 g/mol. The van der Waals surface area contributed by atoms with Gasteiger partial charge in [-0.3, -0.25) is 4.79 Å². The van der Waals surface area contributed by atoms with Gasteiger partial charge in [-0.1, -0.05) is 0 Å². The van der Waals surface area contributed by atoms with Crippen molar-refractivity contribution in [1.82, 2.24) is 19.9 Å². The van der Waals surface area contributed by atoms with Crippen LogP contribution in [0.5, 0.6) is 0 Å². The number of halogens is 1. The molecule has 0 spiro atoms. The fourth-order valence-corrected chi connectivity index (χ4v) is 2.85. The highest BCUT2D eigenvalue weighted by molar-refractivity contribution is 5.92. The third kappa shape index (κ3) is 3.29. The number of nitrogens with zero attached hydrogens (tertiary/aromatic N) is 4. The highest BCUT2D eigenvalue weighted by atomic mass is 19.1. The number of amides is 1. The first-order valence-electron chi connectivity index (χ1n) is 7.63. The molecule has 128 valence electrons. The molecule has 0 aliphatic carbocycles. The van der Waals surface area contributed by atoms with Gasteiger partial charge in [-0.15, -0.1) is 5.10 Å². The van der Waals surface area contributed by atoms with Crippen LogP contribution in [0, 0.1) is 5.82 Å². The van der Waals surface area contributed by atoms with E-state index < -0.39 is 0 Å². The van der Waals surface area contributed by atoms with Crippen molar-refractivity contribution < 1.29 is 18.7 Å². The van der Waals surface area contributed by atoms with Crippen LogP contribution in [-0.2, 0) is 9.47 Å². The maximum absolute atomic E-state index is 13.0. The van der Waals surface area contributed by atoms with Crippen LogP contribution in [0.15, 0.2) is 30.5 Å². The Hall–Kier alpha value is -2.32. The molecule has 0 N–H and O–H groups in total. The van der Waals surface area contributed by atoms with Crippen LogP contribution in [0.4, 0.5) is 4.39 Å². The highest BCUT2D eigenvalue weighted by Gasteiger charge is 2.36. The molecular formula is C16H19FN4O3. The van der Waals surface area contributed by atoms with Crippen LogP contribution < -0.4 is 0 Å². The molecule has 7 nitrogen and oxygen atoms in total. The molecule has 0 saturated carbocycles. The van der Waals surface area contributed by atoms with Gasteiger partial charge in [-0.05, 0) is 30.7 Å². The normalized spacial score (nSPS) is 20.5. The van der Waals surface area contributed by atoms with Gasteiger partial charge in [0.1, 0.15) is 5.82 Å². The summed E-state index contributed by atoms with van der Waals surface area (Å²) in [5.41, 5.74) is 0.817. The van der Waals surface area contributed by atoms with Crippen LogP contribution in [0.3, 0.4) is 0 Å². The fourth-order valence-electron chi connectivity index (χ4n) is 2.85. The van der Waals surface area contributed by atoms with E-state index in [1.807, 2.05) is 0 Å². The molecule has 8 heteroatoms. The van der Waals surface area contributed by atoms with E-state index in [2.05, 4.69) is 10.2 Å². The van der Waals surface area contributed by atoms with E-state index in [1.54, 1.807) is 31.3 Å². The number of methoxy groups -OCH3 is 2. The summed E-state index contributed by atoms with van der Waals surface area (Å²) in [7, 11) is 3.24. The minimum absolute atomic E-state index is 0.0127. The number of hydrogen-bond donors (Lipinski definition) is 0. The molecule has 1 aliphatic heterocycles. The van der Waals surface area contributed by atoms with Crippen LogP contribution in [0.1, 0.15) is 16.9 Å². The van der Waals surface area contributed by atoms with Crippen molar-refractivity contribution in [3.8, 4) is 5.69 Å². The second-order valence-electron chi connectivity index (χ2n) is 5.66. The van der Waals surface area contributed by atoms with E-state index in [-0.39, 0.29) is 29.6 Å². The molecule has 0 bridgehead atoms. The van der Waals surface area contributed by atoms with Crippen molar-refractivity contribution in [2.75, 3.05) is 27.4 Å². The van der Waals surface area contributed by atoms with Gasteiger partial charge in [-0.25, -0.2) is 4.39 Å². The second-order valence-corrected chi connectivity index (χ2v) is 5.66. The predicted molar refractivity (Wildman–Crippen MR) is 83.4 cm³/mol. The summed E-state index contributed by atoms with van der Waals surface area (Å²) in [5.74, 6) is -0.558. The summed E-state index contributed by atoms with van der Waals surface area (Å²) in [6.07, 6.45) is 2.12. The molecule has 2 heterocycles. The highest BCUT2D eigenvalue weighted by Crippen LogP contribution is 2.22. The number of carbonyl (C=O) groups excluding carboxylic acids is 1. The molecule has 2 aromatic rings. The average molecular weight is 334 g/mol. The Kier molecular flexibility index (Phi) is 4.86. The zero-order valence-corrected chi connectivity index (χ0v) is 13.6. The topological polar surface area (TPSA) is 69.5 Å².